The summed E-state index contributed by atoms with van der Waals surface area (Å²) in [5, 5.41) is 3.01. The summed E-state index contributed by atoms with van der Waals surface area (Å²) >= 11 is 3.24. The number of nitrogens with zero attached hydrogens (tertiary/aromatic N) is 2. The molecule has 2 aromatic heterocycles. The largest absolute Gasteiger partial charge is 0.326 e. The third-order valence-corrected chi connectivity index (χ3v) is 3.99. The molecule has 2 N–H and O–H groups in total. The summed E-state index contributed by atoms with van der Waals surface area (Å²) in [4.78, 5) is 8.86. The van der Waals surface area contributed by atoms with Gasteiger partial charge in [-0.1, -0.05) is 0 Å². The highest BCUT2D eigenvalue weighted by molar-refractivity contribution is 8.01. The van der Waals surface area contributed by atoms with Crippen molar-refractivity contribution in [1.82, 2.24) is 9.97 Å². The Hall–Kier alpha value is -0.910. The predicted molar refractivity (Wildman–Crippen MR) is 67.8 cm³/mol. The maximum atomic E-state index is 5.64. The second-order valence-electron chi connectivity index (χ2n) is 3.52. The van der Waals surface area contributed by atoms with Gasteiger partial charge in [0.2, 0.25) is 0 Å². The average molecular weight is 251 g/mol. The van der Waals surface area contributed by atoms with Crippen LogP contribution in [0.1, 0.15) is 17.0 Å². The van der Waals surface area contributed by atoms with Gasteiger partial charge in [0.15, 0.2) is 4.34 Å². The average Bonchev–Trinajstić information content (AvgIpc) is 2.63. The molecule has 2 heterocycles. The summed E-state index contributed by atoms with van der Waals surface area (Å²) in [6.07, 6.45) is 0. The molecule has 0 aliphatic rings. The van der Waals surface area contributed by atoms with Gasteiger partial charge in [0.1, 0.15) is 5.03 Å². The third kappa shape index (κ3) is 2.81. The summed E-state index contributed by atoms with van der Waals surface area (Å²) in [6, 6.07) is 4.03. The molecule has 16 heavy (non-hydrogen) atoms. The summed E-state index contributed by atoms with van der Waals surface area (Å²) in [7, 11) is 0. The molecular formula is C11H13N3S2. The van der Waals surface area contributed by atoms with Gasteiger partial charge in [0.25, 0.3) is 0 Å². The first-order chi connectivity index (χ1) is 7.67. The lowest BCUT2D eigenvalue weighted by Crippen LogP contribution is -1.98. The van der Waals surface area contributed by atoms with Crippen molar-refractivity contribution in [2.24, 2.45) is 5.73 Å². The second-order valence-corrected chi connectivity index (χ2v) is 5.64. The van der Waals surface area contributed by atoms with E-state index in [1.54, 1.807) is 23.1 Å². The van der Waals surface area contributed by atoms with Crippen LogP contribution < -0.4 is 5.73 Å². The predicted octanol–water partition coefficient (Wildman–Crippen LogP) is 2.76. The smallest absolute Gasteiger partial charge is 0.156 e. The van der Waals surface area contributed by atoms with Gasteiger partial charge in [-0.25, -0.2) is 9.97 Å². The zero-order valence-corrected chi connectivity index (χ0v) is 10.9. The van der Waals surface area contributed by atoms with Crippen molar-refractivity contribution in [3.05, 3.63) is 34.5 Å². The van der Waals surface area contributed by atoms with Crippen LogP contribution in [-0.2, 0) is 6.54 Å². The quantitative estimate of drug-likeness (QED) is 0.911. The Bertz CT molecular complexity index is 494. The number of hydrogen-bond donors (Lipinski definition) is 1. The van der Waals surface area contributed by atoms with Crippen LogP contribution in [0.5, 0.6) is 0 Å². The Morgan fingerprint density at radius 1 is 1.25 bits per heavy atom. The van der Waals surface area contributed by atoms with Crippen LogP contribution >= 0.6 is 23.1 Å². The highest BCUT2D eigenvalue weighted by Crippen LogP contribution is 2.29. The van der Waals surface area contributed by atoms with Gasteiger partial charge in [0.05, 0.1) is 0 Å². The molecule has 0 aliphatic heterocycles. The lowest BCUT2D eigenvalue weighted by Gasteiger charge is -2.02. The first-order valence-corrected chi connectivity index (χ1v) is 6.64. The lowest BCUT2D eigenvalue weighted by molar-refractivity contribution is 0.985. The standard InChI is InChI=1S/C11H13N3S2/c1-7-3-9(5-12)4-10(13-7)16-11-14-8(2)6-15-11/h3-4,6H,5,12H2,1-2H3. The summed E-state index contributed by atoms with van der Waals surface area (Å²) in [5.74, 6) is 0. The summed E-state index contributed by atoms with van der Waals surface area (Å²) < 4.78 is 1.03. The topological polar surface area (TPSA) is 51.8 Å². The molecule has 0 bridgehead atoms. The number of hydrogen-bond acceptors (Lipinski definition) is 5. The minimum Gasteiger partial charge on any atom is -0.326 e. The molecular weight excluding hydrogens is 238 g/mol. The second kappa shape index (κ2) is 4.95. The highest BCUT2D eigenvalue weighted by Gasteiger charge is 2.05. The molecule has 0 amide bonds. The van der Waals surface area contributed by atoms with Crippen LogP contribution in [0.15, 0.2) is 26.9 Å². The minimum atomic E-state index is 0.549. The van der Waals surface area contributed by atoms with Gasteiger partial charge < -0.3 is 5.73 Å². The lowest BCUT2D eigenvalue weighted by atomic mass is 10.2. The molecule has 2 aromatic rings. The summed E-state index contributed by atoms with van der Waals surface area (Å²) in [5.41, 5.74) is 8.80. The van der Waals surface area contributed by atoms with Gasteiger partial charge in [-0.15, -0.1) is 11.3 Å². The molecule has 84 valence electrons. The fourth-order valence-corrected chi connectivity index (χ4v) is 3.23. The molecule has 0 atom stereocenters. The van der Waals surface area contributed by atoms with Crippen molar-refractivity contribution >= 4 is 23.1 Å². The number of pyridine rings is 1. The molecule has 3 nitrogen and oxygen atoms in total. The molecule has 0 saturated carbocycles. The number of aromatic nitrogens is 2. The van der Waals surface area contributed by atoms with Crippen LogP contribution in [0, 0.1) is 13.8 Å². The Balaban J connectivity index is 2.24. The molecule has 5 heteroatoms. The monoisotopic (exact) mass is 251 g/mol. The molecule has 0 radical (unpaired) electrons. The van der Waals surface area contributed by atoms with Gasteiger partial charge >= 0.3 is 0 Å². The maximum absolute atomic E-state index is 5.64. The fourth-order valence-electron chi connectivity index (χ4n) is 1.35. The van der Waals surface area contributed by atoms with Crippen LogP contribution in [-0.4, -0.2) is 9.97 Å². The van der Waals surface area contributed by atoms with Gasteiger partial charge in [-0.05, 0) is 43.3 Å². The van der Waals surface area contributed by atoms with Crippen molar-refractivity contribution < 1.29 is 0 Å². The SMILES string of the molecule is Cc1cc(CN)cc(Sc2nc(C)cs2)n1. The Morgan fingerprint density at radius 2 is 2.06 bits per heavy atom. The first kappa shape index (κ1) is 11.6. The van der Waals surface area contributed by atoms with E-state index in [1.807, 2.05) is 31.4 Å². The van der Waals surface area contributed by atoms with E-state index in [2.05, 4.69) is 9.97 Å². The van der Waals surface area contributed by atoms with Crippen molar-refractivity contribution in [3.8, 4) is 0 Å². The maximum Gasteiger partial charge on any atom is 0.156 e. The molecule has 0 aliphatic carbocycles. The Kier molecular flexibility index (Phi) is 3.58. The summed E-state index contributed by atoms with van der Waals surface area (Å²) in [6.45, 7) is 4.53. The van der Waals surface area contributed by atoms with E-state index in [0.29, 0.717) is 6.54 Å². The number of thiazole rings is 1. The molecule has 0 aromatic carbocycles. The Morgan fingerprint density at radius 3 is 2.69 bits per heavy atom. The van der Waals surface area contributed by atoms with E-state index >= 15 is 0 Å². The van der Waals surface area contributed by atoms with E-state index < -0.39 is 0 Å². The first-order valence-electron chi connectivity index (χ1n) is 4.95. The van der Waals surface area contributed by atoms with Crippen LogP contribution in [0.25, 0.3) is 0 Å². The zero-order chi connectivity index (χ0) is 11.5. The van der Waals surface area contributed by atoms with E-state index in [-0.39, 0.29) is 0 Å². The molecule has 0 spiro atoms. The molecule has 0 fully saturated rings. The van der Waals surface area contributed by atoms with Crippen molar-refractivity contribution in [2.75, 3.05) is 0 Å². The molecule has 0 saturated heterocycles. The van der Waals surface area contributed by atoms with E-state index in [4.69, 9.17) is 5.73 Å². The third-order valence-electron chi connectivity index (χ3n) is 2.02. The highest BCUT2D eigenvalue weighted by atomic mass is 32.2. The van der Waals surface area contributed by atoms with Crippen molar-refractivity contribution in [2.45, 2.75) is 29.8 Å². The normalized spacial score (nSPS) is 10.7. The fraction of sp³-hybridized carbons (Fsp3) is 0.273. The number of aryl methyl sites for hydroxylation is 2. The minimum absolute atomic E-state index is 0.549. The van der Waals surface area contributed by atoms with Gasteiger partial charge in [0, 0.05) is 23.3 Å². The number of rotatable bonds is 3. The molecule has 2 rings (SSSR count). The van der Waals surface area contributed by atoms with Crippen LogP contribution in [0.4, 0.5) is 0 Å². The van der Waals surface area contributed by atoms with Crippen LogP contribution in [0.2, 0.25) is 0 Å². The number of nitrogens with two attached hydrogens (primary N) is 1. The van der Waals surface area contributed by atoms with E-state index in [0.717, 1.165) is 26.3 Å². The van der Waals surface area contributed by atoms with Crippen molar-refractivity contribution in [1.29, 1.82) is 0 Å². The molecule has 0 unspecified atom stereocenters. The van der Waals surface area contributed by atoms with Crippen LogP contribution in [0.3, 0.4) is 0 Å². The van der Waals surface area contributed by atoms with E-state index in [9.17, 15) is 0 Å². The van der Waals surface area contributed by atoms with Gasteiger partial charge in [-0.2, -0.15) is 0 Å². The van der Waals surface area contributed by atoms with E-state index in [1.165, 1.54) is 0 Å². The van der Waals surface area contributed by atoms with Crippen molar-refractivity contribution in [3.63, 3.8) is 0 Å². The Labute approximate surface area is 103 Å². The zero-order valence-electron chi connectivity index (χ0n) is 9.23. The van der Waals surface area contributed by atoms with Gasteiger partial charge in [-0.3, -0.25) is 0 Å².